The number of nitriles is 1. The highest BCUT2D eigenvalue weighted by Crippen LogP contribution is 2.32. The molecule has 0 spiro atoms. The summed E-state index contributed by atoms with van der Waals surface area (Å²) >= 11 is 1.59. The van der Waals surface area contributed by atoms with Crippen molar-refractivity contribution in [2.75, 3.05) is 5.32 Å². The number of anilines is 2. The fourth-order valence-corrected chi connectivity index (χ4v) is 3.74. The zero-order valence-electron chi connectivity index (χ0n) is 14.9. The van der Waals surface area contributed by atoms with Crippen molar-refractivity contribution in [3.05, 3.63) is 71.6 Å². The van der Waals surface area contributed by atoms with Gasteiger partial charge in [0, 0.05) is 29.7 Å². The highest BCUT2D eigenvalue weighted by molar-refractivity contribution is 7.17. The summed E-state index contributed by atoms with van der Waals surface area (Å²) in [5.74, 6) is 0.504. The maximum absolute atomic E-state index is 12.1. The number of ketones is 1. The van der Waals surface area contributed by atoms with Crippen LogP contribution < -0.4 is 5.32 Å². The molecular formula is C22H16N4OS. The molecule has 0 aliphatic heterocycles. The van der Waals surface area contributed by atoms with Crippen molar-refractivity contribution in [1.29, 1.82) is 5.26 Å². The quantitative estimate of drug-likeness (QED) is 0.439. The molecule has 0 fully saturated rings. The van der Waals surface area contributed by atoms with Crippen molar-refractivity contribution in [1.82, 2.24) is 9.97 Å². The molecule has 5 nitrogen and oxygen atoms in total. The molecule has 1 N–H and O–H groups in total. The number of benzene rings is 2. The third-order valence-corrected chi connectivity index (χ3v) is 5.19. The number of hydrogen-bond acceptors (Lipinski definition) is 6. The first-order chi connectivity index (χ1) is 13.7. The van der Waals surface area contributed by atoms with Gasteiger partial charge in [0.25, 0.3) is 0 Å². The number of thiophene rings is 1. The van der Waals surface area contributed by atoms with Gasteiger partial charge in [-0.2, -0.15) is 5.26 Å². The summed E-state index contributed by atoms with van der Waals surface area (Å²) in [5, 5.41) is 13.9. The van der Waals surface area contributed by atoms with Gasteiger partial charge in [-0.1, -0.05) is 42.5 Å². The Labute approximate surface area is 166 Å². The first kappa shape index (κ1) is 17.8. The first-order valence-electron chi connectivity index (χ1n) is 8.82. The Morgan fingerprint density at radius 2 is 1.82 bits per heavy atom. The van der Waals surface area contributed by atoms with E-state index in [4.69, 9.17) is 10.2 Å². The monoisotopic (exact) mass is 384 g/mol. The number of carbonyl (C=O) groups is 1. The Morgan fingerprint density at radius 3 is 2.57 bits per heavy atom. The molecular weight excluding hydrogens is 368 g/mol. The van der Waals surface area contributed by atoms with Crippen molar-refractivity contribution in [3.8, 4) is 17.3 Å². The number of aromatic nitrogens is 2. The molecule has 0 aliphatic carbocycles. The van der Waals surface area contributed by atoms with Crippen LogP contribution in [-0.4, -0.2) is 15.8 Å². The van der Waals surface area contributed by atoms with E-state index < -0.39 is 0 Å². The summed E-state index contributed by atoms with van der Waals surface area (Å²) in [4.78, 5) is 21.4. The number of rotatable bonds is 6. The lowest BCUT2D eigenvalue weighted by Crippen LogP contribution is -2.00. The van der Waals surface area contributed by atoms with Gasteiger partial charge in [0.15, 0.2) is 5.78 Å². The van der Waals surface area contributed by atoms with Gasteiger partial charge in [-0.3, -0.25) is 4.79 Å². The van der Waals surface area contributed by atoms with Crippen molar-refractivity contribution in [2.45, 2.75) is 12.8 Å². The molecule has 0 unspecified atom stereocenters. The number of hydrogen-bond donors (Lipinski definition) is 1. The summed E-state index contributed by atoms with van der Waals surface area (Å²) in [6, 6.07) is 21.1. The maximum Gasteiger partial charge on any atom is 0.228 e. The molecule has 6 heteroatoms. The van der Waals surface area contributed by atoms with Crippen LogP contribution in [0.2, 0.25) is 0 Å². The van der Waals surface area contributed by atoms with E-state index in [1.165, 1.54) is 0 Å². The van der Waals surface area contributed by atoms with E-state index in [-0.39, 0.29) is 18.6 Å². The Kier molecular flexibility index (Phi) is 5.09. The fraction of sp³-hybridized carbons (Fsp3) is 0.0909. The predicted molar refractivity (Wildman–Crippen MR) is 112 cm³/mol. The molecule has 136 valence electrons. The second kappa shape index (κ2) is 7.99. The van der Waals surface area contributed by atoms with Gasteiger partial charge in [-0.25, -0.2) is 9.97 Å². The third-order valence-electron chi connectivity index (χ3n) is 4.28. The summed E-state index contributed by atoms with van der Waals surface area (Å²) in [6.45, 7) is 0. The summed E-state index contributed by atoms with van der Waals surface area (Å²) in [5.41, 5.74) is 4.15. The smallest absolute Gasteiger partial charge is 0.228 e. The second-order valence-electron chi connectivity index (χ2n) is 6.18. The minimum Gasteiger partial charge on any atom is -0.324 e. The van der Waals surface area contributed by atoms with E-state index in [0.29, 0.717) is 11.5 Å². The van der Waals surface area contributed by atoms with Crippen molar-refractivity contribution in [3.63, 3.8) is 0 Å². The van der Waals surface area contributed by atoms with Gasteiger partial charge in [0.05, 0.1) is 22.0 Å². The maximum atomic E-state index is 12.1. The van der Waals surface area contributed by atoms with E-state index >= 15 is 0 Å². The highest BCUT2D eigenvalue weighted by Gasteiger charge is 2.13. The van der Waals surface area contributed by atoms with E-state index in [9.17, 15) is 4.79 Å². The van der Waals surface area contributed by atoms with Gasteiger partial charge in [0.2, 0.25) is 5.95 Å². The van der Waals surface area contributed by atoms with Gasteiger partial charge >= 0.3 is 0 Å². The normalized spacial score (nSPS) is 10.5. The Morgan fingerprint density at radius 1 is 1.04 bits per heavy atom. The van der Waals surface area contributed by atoms with E-state index in [2.05, 4.69) is 10.3 Å². The number of nitrogens with one attached hydrogen (secondary N) is 1. The lowest BCUT2D eigenvalue weighted by atomic mass is 10.0. The number of carbonyl (C=O) groups excluding carboxylic acids is 1. The van der Waals surface area contributed by atoms with Crippen molar-refractivity contribution in [2.24, 2.45) is 0 Å². The summed E-state index contributed by atoms with van der Waals surface area (Å²) in [6.07, 6.45) is 0.473. The minimum atomic E-state index is -0.0245. The SMILES string of the molecule is N#CCCC(=O)c1ccc(-c2nc(Nc3ccccc3)nc3ccsc23)cc1. The lowest BCUT2D eigenvalue weighted by Gasteiger charge is -2.09. The van der Waals surface area contributed by atoms with Crippen LogP contribution in [0.3, 0.4) is 0 Å². The number of fused-ring (bicyclic) bond motifs is 1. The molecule has 2 aromatic carbocycles. The zero-order chi connectivity index (χ0) is 19.3. The standard InChI is InChI=1S/C22H16N4OS/c23-13-4-7-19(27)15-8-10-16(11-9-15)20-21-18(12-14-28-21)25-22(26-20)24-17-5-2-1-3-6-17/h1-3,5-6,8-12,14H,4,7H2,(H,24,25,26). The Balaban J connectivity index is 1.69. The molecule has 0 radical (unpaired) electrons. The second-order valence-corrected chi connectivity index (χ2v) is 7.10. The Hall–Kier alpha value is -3.56. The predicted octanol–water partition coefficient (Wildman–Crippen LogP) is 5.59. The van der Waals surface area contributed by atoms with Crippen molar-refractivity contribution >= 4 is 39.0 Å². The molecule has 0 amide bonds. The number of para-hydroxylation sites is 1. The molecule has 0 bridgehead atoms. The van der Waals surface area contributed by atoms with Gasteiger partial charge in [0.1, 0.15) is 0 Å². The molecule has 2 heterocycles. The van der Waals surface area contributed by atoms with Crippen LogP contribution in [0.5, 0.6) is 0 Å². The van der Waals surface area contributed by atoms with Crippen molar-refractivity contribution < 1.29 is 4.79 Å². The summed E-state index contributed by atoms with van der Waals surface area (Å²) < 4.78 is 1.00. The lowest BCUT2D eigenvalue weighted by molar-refractivity contribution is 0.0984. The average Bonchev–Trinajstić information content (AvgIpc) is 3.21. The van der Waals surface area contributed by atoms with Gasteiger partial charge in [-0.15, -0.1) is 11.3 Å². The molecule has 0 atom stereocenters. The van der Waals surface area contributed by atoms with Crippen LogP contribution in [-0.2, 0) is 0 Å². The zero-order valence-corrected chi connectivity index (χ0v) is 15.7. The number of nitrogens with zero attached hydrogens (tertiary/aromatic N) is 3. The van der Waals surface area contributed by atoms with Crippen LogP contribution in [0.25, 0.3) is 21.5 Å². The van der Waals surface area contributed by atoms with Gasteiger partial charge < -0.3 is 5.32 Å². The van der Waals surface area contributed by atoms with Gasteiger partial charge in [-0.05, 0) is 23.6 Å². The van der Waals surface area contributed by atoms with E-state index in [1.54, 1.807) is 23.5 Å². The molecule has 4 aromatic rings. The molecule has 0 saturated carbocycles. The average molecular weight is 384 g/mol. The van der Waals surface area contributed by atoms with Crippen LogP contribution in [0.1, 0.15) is 23.2 Å². The fourth-order valence-electron chi connectivity index (χ4n) is 2.89. The molecule has 0 saturated heterocycles. The molecule has 2 aromatic heterocycles. The highest BCUT2D eigenvalue weighted by atomic mass is 32.1. The van der Waals surface area contributed by atoms with Crippen LogP contribution in [0.15, 0.2) is 66.0 Å². The first-order valence-corrected chi connectivity index (χ1v) is 9.70. The molecule has 4 rings (SSSR count). The molecule has 0 aliphatic rings. The van der Waals surface area contributed by atoms with Crippen LogP contribution >= 0.6 is 11.3 Å². The minimum absolute atomic E-state index is 0.0245. The summed E-state index contributed by atoms with van der Waals surface area (Å²) in [7, 11) is 0. The Bertz CT molecular complexity index is 1160. The largest absolute Gasteiger partial charge is 0.324 e. The van der Waals surface area contributed by atoms with Crippen LogP contribution in [0, 0.1) is 11.3 Å². The topological polar surface area (TPSA) is 78.7 Å². The number of Topliss-reactive ketones (excluding diaryl/α,β-unsaturated/α-hetero) is 1. The van der Waals surface area contributed by atoms with E-state index in [0.717, 1.165) is 27.2 Å². The van der Waals surface area contributed by atoms with E-state index in [1.807, 2.05) is 60.0 Å². The molecule has 28 heavy (non-hydrogen) atoms. The van der Waals surface area contributed by atoms with Crippen LogP contribution in [0.4, 0.5) is 11.6 Å². The third kappa shape index (κ3) is 3.75.